The van der Waals surface area contributed by atoms with E-state index in [-0.39, 0.29) is 6.10 Å². The Labute approximate surface area is 153 Å². The monoisotopic (exact) mass is 358 g/mol. The average Bonchev–Trinajstić information content (AvgIpc) is 3.27. The summed E-state index contributed by atoms with van der Waals surface area (Å²) in [4.78, 5) is 20.2. The van der Waals surface area contributed by atoms with Crippen molar-refractivity contribution in [2.75, 3.05) is 50.6 Å². The van der Waals surface area contributed by atoms with Crippen LogP contribution in [0.3, 0.4) is 0 Å². The summed E-state index contributed by atoms with van der Waals surface area (Å²) in [7, 11) is 6.00. The van der Waals surface area contributed by atoms with Gasteiger partial charge in [0.2, 0.25) is 0 Å². The normalized spacial score (nSPS) is 22.9. The highest BCUT2D eigenvalue weighted by molar-refractivity contribution is 5.52. The van der Waals surface area contributed by atoms with Crippen molar-refractivity contribution in [3.63, 3.8) is 0 Å². The maximum atomic E-state index is 5.62. The lowest BCUT2D eigenvalue weighted by Crippen LogP contribution is -2.38. The zero-order valence-corrected chi connectivity index (χ0v) is 15.6. The van der Waals surface area contributed by atoms with Gasteiger partial charge in [-0.3, -0.25) is 0 Å². The van der Waals surface area contributed by atoms with Crippen LogP contribution in [0.15, 0.2) is 18.7 Å². The van der Waals surface area contributed by atoms with Crippen LogP contribution >= 0.6 is 0 Å². The van der Waals surface area contributed by atoms with Gasteiger partial charge in [-0.15, -0.1) is 0 Å². The van der Waals surface area contributed by atoms with E-state index < -0.39 is 0 Å². The molecule has 1 fully saturated rings. The van der Waals surface area contributed by atoms with Gasteiger partial charge < -0.3 is 19.4 Å². The Kier molecular flexibility index (Phi) is 4.73. The van der Waals surface area contributed by atoms with Gasteiger partial charge in [0.15, 0.2) is 0 Å². The van der Waals surface area contributed by atoms with E-state index in [1.807, 2.05) is 4.68 Å². The van der Waals surface area contributed by atoms with Gasteiger partial charge in [0, 0.05) is 38.9 Å². The molecule has 0 saturated carbocycles. The summed E-state index contributed by atoms with van der Waals surface area (Å²) in [6.07, 6.45) is 4.54. The lowest BCUT2D eigenvalue weighted by Gasteiger charge is -2.30. The minimum atomic E-state index is 0.243. The third-order valence-corrected chi connectivity index (χ3v) is 5.15. The fraction of sp³-hybridized carbons (Fsp3) is 0.647. The molecular formula is C17H26N8O. The maximum Gasteiger partial charge on any atom is 0.146 e. The van der Waals surface area contributed by atoms with Gasteiger partial charge in [-0.1, -0.05) is 0 Å². The molecule has 0 amide bonds. The van der Waals surface area contributed by atoms with Crippen LogP contribution in [-0.4, -0.2) is 82.6 Å². The molecule has 140 valence electrons. The molecule has 4 heterocycles. The zero-order valence-electron chi connectivity index (χ0n) is 15.6. The van der Waals surface area contributed by atoms with E-state index >= 15 is 0 Å². The molecule has 0 aliphatic carbocycles. The van der Waals surface area contributed by atoms with Gasteiger partial charge >= 0.3 is 0 Å². The number of hydrogen-bond donors (Lipinski definition) is 0. The second-order valence-electron chi connectivity index (χ2n) is 7.22. The highest BCUT2D eigenvalue weighted by atomic mass is 16.5. The lowest BCUT2D eigenvalue weighted by atomic mass is 10.2. The molecule has 9 nitrogen and oxygen atoms in total. The fourth-order valence-electron chi connectivity index (χ4n) is 3.84. The smallest absolute Gasteiger partial charge is 0.146 e. The van der Waals surface area contributed by atoms with Crippen molar-refractivity contribution in [3.8, 4) is 0 Å². The molecule has 0 spiro atoms. The summed E-state index contributed by atoms with van der Waals surface area (Å²) in [5, 5.41) is 4.24. The van der Waals surface area contributed by atoms with Crippen LogP contribution in [0.4, 0.5) is 11.6 Å². The van der Waals surface area contributed by atoms with Gasteiger partial charge in [0.1, 0.15) is 30.1 Å². The van der Waals surface area contributed by atoms with Gasteiger partial charge in [0.05, 0.1) is 19.2 Å². The molecule has 1 saturated heterocycles. The Bertz CT molecular complexity index is 748. The van der Waals surface area contributed by atoms with Crippen LogP contribution in [0.5, 0.6) is 0 Å². The Balaban J connectivity index is 1.55. The van der Waals surface area contributed by atoms with Crippen LogP contribution < -0.4 is 9.80 Å². The van der Waals surface area contributed by atoms with E-state index in [0.717, 1.165) is 56.6 Å². The number of anilines is 2. The quantitative estimate of drug-likeness (QED) is 0.753. The standard InChI is InChI=1S/C17H26N8O/c1-22(2)8-13-6-14(26-3)9-24(13)16-7-15(18-11-19-16)23-4-5-25-17(10-23)20-12-21-25/h7,11-14H,4-6,8-10H2,1-3H3/t13-,14-/m0/s1. The summed E-state index contributed by atoms with van der Waals surface area (Å²) in [6, 6.07) is 2.48. The molecule has 0 N–H and O–H groups in total. The molecule has 2 aromatic rings. The highest BCUT2D eigenvalue weighted by Gasteiger charge is 2.33. The zero-order chi connectivity index (χ0) is 18.1. The molecule has 9 heteroatoms. The molecule has 2 atom stereocenters. The highest BCUT2D eigenvalue weighted by Crippen LogP contribution is 2.28. The molecule has 2 aliphatic heterocycles. The van der Waals surface area contributed by atoms with Crippen LogP contribution in [0.2, 0.25) is 0 Å². The SMILES string of the molecule is CO[C@H]1C[C@@H](CN(C)C)N(c2cc(N3CCn4ncnc4C3)ncn2)C1. The molecule has 0 unspecified atom stereocenters. The van der Waals surface area contributed by atoms with Crippen LogP contribution in [0.1, 0.15) is 12.2 Å². The Morgan fingerprint density at radius 3 is 2.81 bits per heavy atom. The van der Waals surface area contributed by atoms with E-state index in [2.05, 4.69) is 54.9 Å². The summed E-state index contributed by atoms with van der Waals surface area (Å²) < 4.78 is 7.57. The number of rotatable bonds is 5. The second kappa shape index (κ2) is 7.16. The number of hydrogen-bond acceptors (Lipinski definition) is 8. The molecular weight excluding hydrogens is 332 g/mol. The predicted octanol–water partition coefficient (Wildman–Crippen LogP) is 0.244. The predicted molar refractivity (Wildman–Crippen MR) is 98.2 cm³/mol. The molecule has 0 bridgehead atoms. The lowest BCUT2D eigenvalue weighted by molar-refractivity contribution is 0.117. The fourth-order valence-corrected chi connectivity index (χ4v) is 3.84. The summed E-state index contributed by atoms with van der Waals surface area (Å²) >= 11 is 0. The van der Waals surface area contributed by atoms with E-state index in [4.69, 9.17) is 4.74 Å². The minimum Gasteiger partial charge on any atom is -0.380 e. The third kappa shape index (κ3) is 3.36. The Hall–Kier alpha value is -2.26. The van der Waals surface area contributed by atoms with E-state index in [0.29, 0.717) is 6.04 Å². The van der Waals surface area contributed by atoms with Gasteiger partial charge in [0.25, 0.3) is 0 Å². The number of methoxy groups -OCH3 is 1. The number of nitrogens with zero attached hydrogens (tertiary/aromatic N) is 8. The van der Waals surface area contributed by atoms with Crippen LogP contribution in [0, 0.1) is 0 Å². The second-order valence-corrected chi connectivity index (χ2v) is 7.22. The van der Waals surface area contributed by atoms with Gasteiger partial charge in [-0.2, -0.15) is 5.10 Å². The first-order valence-electron chi connectivity index (χ1n) is 9.02. The van der Waals surface area contributed by atoms with Crippen molar-refractivity contribution in [1.29, 1.82) is 0 Å². The first-order valence-corrected chi connectivity index (χ1v) is 9.02. The van der Waals surface area contributed by atoms with Crippen LogP contribution in [-0.2, 0) is 17.8 Å². The van der Waals surface area contributed by atoms with Gasteiger partial charge in [-0.25, -0.2) is 19.6 Å². The number of likely N-dealkylation sites (N-methyl/N-ethyl adjacent to an activating group) is 1. The van der Waals surface area contributed by atoms with Crippen molar-refractivity contribution in [2.24, 2.45) is 0 Å². The topological polar surface area (TPSA) is 75.4 Å². The Morgan fingerprint density at radius 1 is 1.15 bits per heavy atom. The first-order chi connectivity index (χ1) is 12.6. The van der Waals surface area contributed by atoms with E-state index in [1.54, 1.807) is 19.8 Å². The van der Waals surface area contributed by atoms with Crippen molar-refractivity contribution < 1.29 is 4.74 Å². The molecule has 0 radical (unpaired) electrons. The van der Waals surface area contributed by atoms with Crippen molar-refractivity contribution >= 4 is 11.6 Å². The summed E-state index contributed by atoms with van der Waals surface area (Å²) in [5.41, 5.74) is 0. The van der Waals surface area contributed by atoms with Crippen molar-refractivity contribution in [1.82, 2.24) is 29.6 Å². The average molecular weight is 358 g/mol. The molecule has 0 aromatic carbocycles. The van der Waals surface area contributed by atoms with Crippen LogP contribution in [0.25, 0.3) is 0 Å². The molecule has 26 heavy (non-hydrogen) atoms. The van der Waals surface area contributed by atoms with E-state index in [1.165, 1.54) is 0 Å². The number of fused-ring (bicyclic) bond motifs is 1. The molecule has 2 aromatic heterocycles. The largest absolute Gasteiger partial charge is 0.380 e. The van der Waals surface area contributed by atoms with Crippen molar-refractivity contribution in [3.05, 3.63) is 24.5 Å². The third-order valence-electron chi connectivity index (χ3n) is 5.15. The van der Waals surface area contributed by atoms with E-state index in [9.17, 15) is 0 Å². The Morgan fingerprint density at radius 2 is 2.00 bits per heavy atom. The number of aromatic nitrogens is 5. The minimum absolute atomic E-state index is 0.243. The number of ether oxygens (including phenoxy) is 1. The molecule has 2 aliphatic rings. The summed E-state index contributed by atoms with van der Waals surface area (Å²) in [6.45, 7) is 4.26. The van der Waals surface area contributed by atoms with Crippen molar-refractivity contribution in [2.45, 2.75) is 31.7 Å². The molecule has 4 rings (SSSR count). The maximum absolute atomic E-state index is 5.62. The van der Waals surface area contributed by atoms with Gasteiger partial charge in [-0.05, 0) is 20.5 Å². The first kappa shape index (κ1) is 17.2. The summed E-state index contributed by atoms with van der Waals surface area (Å²) in [5.74, 6) is 2.88.